The van der Waals surface area contributed by atoms with E-state index >= 15 is 0 Å². The van der Waals surface area contributed by atoms with E-state index in [2.05, 4.69) is 5.32 Å². The maximum Gasteiger partial charge on any atom is 0.219 e. The van der Waals surface area contributed by atoms with Crippen LogP contribution in [0, 0.1) is 5.92 Å². The largest absolute Gasteiger partial charge is 0.390 e. The second-order valence-electron chi connectivity index (χ2n) is 3.22. The Balaban J connectivity index is 0.000000720. The zero-order valence-electron chi connectivity index (χ0n) is 7.04. The van der Waals surface area contributed by atoms with Crippen molar-refractivity contribution in [1.29, 1.82) is 0 Å². The Hall–Kier alpha value is -0.700. The Bertz CT molecular complexity index is 227. The van der Waals surface area contributed by atoms with Crippen molar-refractivity contribution >= 4 is 18.3 Å². The molecule has 0 bridgehead atoms. The molecule has 1 N–H and O–H groups in total. The van der Waals surface area contributed by atoms with Crippen molar-refractivity contribution in [2.75, 3.05) is 19.6 Å². The maximum absolute atomic E-state index is 11.0. The van der Waals surface area contributed by atoms with Crippen LogP contribution in [-0.4, -0.2) is 30.4 Å². The molecule has 0 aromatic heterocycles. The average molecular weight is 189 g/mol. The molecule has 0 aromatic rings. The van der Waals surface area contributed by atoms with E-state index in [-0.39, 0.29) is 18.3 Å². The van der Waals surface area contributed by atoms with Gasteiger partial charge in [0.25, 0.3) is 0 Å². The molecule has 2 aliphatic rings. The number of fused-ring (bicyclic) bond motifs is 1. The zero-order valence-corrected chi connectivity index (χ0v) is 7.86. The summed E-state index contributed by atoms with van der Waals surface area (Å²) in [6.45, 7) is 4.40. The molecule has 2 rings (SSSR count). The van der Waals surface area contributed by atoms with E-state index in [0.29, 0.717) is 5.92 Å². The van der Waals surface area contributed by atoms with Crippen LogP contribution >= 0.6 is 12.4 Å². The quantitative estimate of drug-likeness (QED) is 0.596. The molecule has 1 amide bonds. The molecule has 0 radical (unpaired) electrons. The molecular weight excluding hydrogens is 176 g/mol. The summed E-state index contributed by atoms with van der Waals surface area (Å²) in [4.78, 5) is 12.9. The van der Waals surface area contributed by atoms with Crippen molar-refractivity contribution in [3.05, 3.63) is 11.8 Å². The van der Waals surface area contributed by atoms with Gasteiger partial charge < -0.3 is 10.2 Å². The van der Waals surface area contributed by atoms with Gasteiger partial charge in [-0.15, -0.1) is 12.4 Å². The van der Waals surface area contributed by atoms with Gasteiger partial charge in [0.15, 0.2) is 0 Å². The number of hydrogen-bond donors (Lipinski definition) is 1. The van der Waals surface area contributed by atoms with Crippen molar-refractivity contribution < 1.29 is 4.79 Å². The highest BCUT2D eigenvalue weighted by Crippen LogP contribution is 2.24. The van der Waals surface area contributed by atoms with Gasteiger partial charge in [-0.25, -0.2) is 0 Å². The smallest absolute Gasteiger partial charge is 0.219 e. The monoisotopic (exact) mass is 188 g/mol. The van der Waals surface area contributed by atoms with E-state index in [4.69, 9.17) is 0 Å². The minimum Gasteiger partial charge on any atom is -0.390 e. The predicted molar refractivity (Wildman–Crippen MR) is 49.1 cm³/mol. The first-order chi connectivity index (χ1) is 5.27. The average Bonchev–Trinajstić information content (AvgIpc) is 2.40. The lowest BCUT2D eigenvalue weighted by Crippen LogP contribution is -2.27. The Morgan fingerprint density at radius 2 is 2.50 bits per heavy atom. The molecule has 0 saturated carbocycles. The molecule has 68 valence electrons. The summed E-state index contributed by atoms with van der Waals surface area (Å²) in [5.41, 5.74) is 1.39. The van der Waals surface area contributed by atoms with Gasteiger partial charge in [-0.05, 0) is 11.8 Å². The number of nitrogens with one attached hydrogen (secondary N) is 1. The topological polar surface area (TPSA) is 32.3 Å². The van der Waals surface area contributed by atoms with Crippen molar-refractivity contribution in [2.24, 2.45) is 5.92 Å². The number of carbonyl (C=O) groups is 1. The number of nitrogens with zero attached hydrogens (tertiary/aromatic N) is 1. The Morgan fingerprint density at radius 3 is 3.08 bits per heavy atom. The summed E-state index contributed by atoms with van der Waals surface area (Å²) < 4.78 is 0. The van der Waals surface area contributed by atoms with Crippen LogP contribution in [0.3, 0.4) is 0 Å². The van der Waals surface area contributed by atoms with E-state index in [1.807, 2.05) is 11.1 Å². The van der Waals surface area contributed by atoms with Crippen molar-refractivity contribution in [2.45, 2.75) is 6.92 Å². The Morgan fingerprint density at radius 1 is 1.75 bits per heavy atom. The first kappa shape index (κ1) is 9.39. The molecular formula is C8H13ClN2O. The predicted octanol–water partition coefficient (Wildman–Crippen LogP) is 0.374. The standard InChI is InChI=1S/C8H12N2O.ClH/c1-6(11)10-4-7-2-9-3-8(7)5-10;/h2,8-9H,3-5H2,1H3;1H. The molecule has 0 aliphatic carbocycles. The fraction of sp³-hybridized carbons (Fsp3) is 0.625. The van der Waals surface area contributed by atoms with Gasteiger partial charge in [0.2, 0.25) is 5.91 Å². The molecule has 1 atom stereocenters. The first-order valence-corrected chi connectivity index (χ1v) is 3.95. The Labute approximate surface area is 78.2 Å². The third-order valence-electron chi connectivity index (χ3n) is 2.44. The van der Waals surface area contributed by atoms with Crippen LogP contribution in [-0.2, 0) is 4.79 Å². The molecule has 3 nitrogen and oxygen atoms in total. The van der Waals surface area contributed by atoms with Gasteiger partial charge in [0, 0.05) is 32.5 Å². The molecule has 1 fully saturated rings. The van der Waals surface area contributed by atoms with E-state index in [1.165, 1.54) is 5.57 Å². The van der Waals surface area contributed by atoms with Gasteiger partial charge in [0.1, 0.15) is 0 Å². The molecule has 12 heavy (non-hydrogen) atoms. The number of halogens is 1. The van der Waals surface area contributed by atoms with Gasteiger partial charge >= 0.3 is 0 Å². The second kappa shape index (κ2) is 3.35. The third-order valence-corrected chi connectivity index (χ3v) is 2.44. The van der Waals surface area contributed by atoms with Crippen LogP contribution in [0.15, 0.2) is 11.8 Å². The van der Waals surface area contributed by atoms with Crippen molar-refractivity contribution in [3.8, 4) is 0 Å². The fourth-order valence-electron chi connectivity index (χ4n) is 1.73. The fourth-order valence-corrected chi connectivity index (χ4v) is 1.73. The van der Waals surface area contributed by atoms with Gasteiger partial charge in [-0.3, -0.25) is 4.79 Å². The summed E-state index contributed by atoms with van der Waals surface area (Å²) in [6, 6.07) is 0. The summed E-state index contributed by atoms with van der Waals surface area (Å²) in [5.74, 6) is 0.791. The van der Waals surface area contributed by atoms with Crippen molar-refractivity contribution in [1.82, 2.24) is 10.2 Å². The third kappa shape index (κ3) is 1.41. The van der Waals surface area contributed by atoms with Gasteiger partial charge in [-0.2, -0.15) is 0 Å². The minimum atomic E-state index is 0. The summed E-state index contributed by atoms with van der Waals surface area (Å²) in [7, 11) is 0. The molecule has 1 saturated heterocycles. The van der Waals surface area contributed by atoms with Crippen LogP contribution in [0.5, 0.6) is 0 Å². The Kier molecular flexibility index (Phi) is 2.62. The van der Waals surface area contributed by atoms with E-state index < -0.39 is 0 Å². The van der Waals surface area contributed by atoms with E-state index in [0.717, 1.165) is 19.6 Å². The number of hydrogen-bond acceptors (Lipinski definition) is 2. The lowest BCUT2D eigenvalue weighted by molar-refractivity contribution is -0.127. The molecule has 0 spiro atoms. The van der Waals surface area contributed by atoms with Crippen LogP contribution < -0.4 is 5.32 Å². The minimum absolute atomic E-state index is 0. The van der Waals surface area contributed by atoms with Gasteiger partial charge in [-0.1, -0.05) is 0 Å². The number of carbonyl (C=O) groups excluding carboxylic acids is 1. The zero-order chi connectivity index (χ0) is 7.84. The molecule has 2 heterocycles. The van der Waals surface area contributed by atoms with Crippen LogP contribution in [0.4, 0.5) is 0 Å². The van der Waals surface area contributed by atoms with Gasteiger partial charge in [0.05, 0.1) is 0 Å². The second-order valence-corrected chi connectivity index (χ2v) is 3.22. The summed E-state index contributed by atoms with van der Waals surface area (Å²) >= 11 is 0. The normalized spacial score (nSPS) is 25.6. The van der Waals surface area contributed by atoms with Crippen LogP contribution in [0.25, 0.3) is 0 Å². The van der Waals surface area contributed by atoms with E-state index in [1.54, 1.807) is 6.92 Å². The van der Waals surface area contributed by atoms with Crippen LogP contribution in [0.1, 0.15) is 6.92 Å². The molecule has 2 aliphatic heterocycles. The maximum atomic E-state index is 11.0. The number of likely N-dealkylation sites (tertiary alicyclic amines) is 1. The SMILES string of the molecule is CC(=O)N1CC2=CNCC2C1.Cl. The molecule has 0 aromatic carbocycles. The first-order valence-electron chi connectivity index (χ1n) is 3.95. The molecule has 4 heteroatoms. The van der Waals surface area contributed by atoms with E-state index in [9.17, 15) is 4.79 Å². The summed E-state index contributed by atoms with van der Waals surface area (Å²) in [6.07, 6.45) is 2.05. The van der Waals surface area contributed by atoms with Crippen molar-refractivity contribution in [3.63, 3.8) is 0 Å². The summed E-state index contributed by atoms with van der Waals surface area (Å²) in [5, 5.41) is 3.18. The number of amides is 1. The highest BCUT2D eigenvalue weighted by atomic mass is 35.5. The molecule has 1 unspecified atom stereocenters. The lowest BCUT2D eigenvalue weighted by Gasteiger charge is -2.12. The lowest BCUT2D eigenvalue weighted by atomic mass is 10.1. The highest BCUT2D eigenvalue weighted by molar-refractivity contribution is 5.85. The number of rotatable bonds is 0. The highest BCUT2D eigenvalue weighted by Gasteiger charge is 2.30. The van der Waals surface area contributed by atoms with Crippen LogP contribution in [0.2, 0.25) is 0 Å².